The van der Waals surface area contributed by atoms with Gasteiger partial charge in [-0.25, -0.2) is 0 Å². The van der Waals surface area contributed by atoms with Gasteiger partial charge in [-0.15, -0.1) is 0 Å². The zero-order chi connectivity index (χ0) is 13.1. The molecule has 0 bridgehead atoms. The first-order valence-corrected chi connectivity index (χ1v) is 6.55. The molecule has 2 N–H and O–H groups in total. The van der Waals surface area contributed by atoms with Crippen molar-refractivity contribution in [2.75, 3.05) is 20.1 Å². The van der Waals surface area contributed by atoms with Crippen LogP contribution in [0.4, 0.5) is 0 Å². The summed E-state index contributed by atoms with van der Waals surface area (Å²) in [6.07, 6.45) is 3.57. The molecule has 0 aliphatic heterocycles. The maximum atomic E-state index is 11.3. The van der Waals surface area contributed by atoms with E-state index in [-0.39, 0.29) is 0 Å². The third-order valence-corrected chi connectivity index (χ3v) is 3.60. The molecule has 1 atom stereocenters. The van der Waals surface area contributed by atoms with Crippen LogP contribution in [0.1, 0.15) is 40.0 Å². The summed E-state index contributed by atoms with van der Waals surface area (Å²) < 4.78 is 0. The summed E-state index contributed by atoms with van der Waals surface area (Å²) in [6, 6.07) is 0.612. The Labute approximate surface area is 104 Å². The van der Waals surface area contributed by atoms with Gasteiger partial charge in [-0.2, -0.15) is 0 Å². The molecule has 4 heteroatoms. The largest absolute Gasteiger partial charge is 0.480 e. The van der Waals surface area contributed by atoms with E-state index < -0.39 is 11.5 Å². The molecule has 1 rings (SSSR count). The Bertz CT molecular complexity index is 264. The molecule has 1 saturated carbocycles. The molecule has 0 aromatic rings. The Morgan fingerprint density at radius 1 is 1.53 bits per heavy atom. The number of carbonyl (C=O) groups is 1. The molecule has 0 aromatic carbocycles. The van der Waals surface area contributed by atoms with Gasteiger partial charge < -0.3 is 10.4 Å². The highest BCUT2D eigenvalue weighted by Crippen LogP contribution is 2.28. The second kappa shape index (κ2) is 5.83. The Balaban J connectivity index is 2.56. The van der Waals surface area contributed by atoms with Crippen molar-refractivity contribution in [3.63, 3.8) is 0 Å². The Morgan fingerprint density at radius 2 is 2.12 bits per heavy atom. The van der Waals surface area contributed by atoms with E-state index in [1.807, 2.05) is 0 Å². The molecule has 0 radical (unpaired) electrons. The Morgan fingerprint density at radius 3 is 2.47 bits per heavy atom. The molecule has 17 heavy (non-hydrogen) atoms. The first kappa shape index (κ1) is 14.5. The van der Waals surface area contributed by atoms with Crippen molar-refractivity contribution in [2.45, 2.75) is 51.6 Å². The second-order valence-electron chi connectivity index (χ2n) is 5.77. The van der Waals surface area contributed by atoms with Gasteiger partial charge in [-0.1, -0.05) is 13.8 Å². The summed E-state index contributed by atoms with van der Waals surface area (Å²) in [7, 11) is 1.72. The van der Waals surface area contributed by atoms with Crippen LogP contribution in [0.3, 0.4) is 0 Å². The van der Waals surface area contributed by atoms with Gasteiger partial charge in [-0.05, 0) is 45.7 Å². The maximum Gasteiger partial charge on any atom is 0.324 e. The standard InChI is InChI=1S/C13H26N2O2/c1-10(2)7-8-15(11-5-6-11)9-13(3,14-4)12(16)17/h10-11,14H,5-9H2,1-4H3,(H,16,17). The number of nitrogens with one attached hydrogen (secondary N) is 1. The molecule has 1 unspecified atom stereocenters. The quantitative estimate of drug-likeness (QED) is 0.678. The first-order valence-electron chi connectivity index (χ1n) is 6.55. The maximum absolute atomic E-state index is 11.3. The van der Waals surface area contributed by atoms with Crippen molar-refractivity contribution in [3.05, 3.63) is 0 Å². The van der Waals surface area contributed by atoms with Gasteiger partial charge in [0.25, 0.3) is 0 Å². The molecule has 0 spiro atoms. The topological polar surface area (TPSA) is 52.6 Å². The van der Waals surface area contributed by atoms with Crippen molar-refractivity contribution < 1.29 is 9.90 Å². The summed E-state index contributed by atoms with van der Waals surface area (Å²) >= 11 is 0. The highest BCUT2D eigenvalue weighted by Gasteiger charge is 2.38. The molecule has 1 fully saturated rings. The second-order valence-corrected chi connectivity index (χ2v) is 5.77. The minimum absolute atomic E-state index is 0.593. The van der Waals surface area contributed by atoms with E-state index in [4.69, 9.17) is 0 Å². The fourth-order valence-corrected chi connectivity index (χ4v) is 1.91. The number of aliphatic carboxylic acids is 1. The molecular weight excluding hydrogens is 216 g/mol. The predicted molar refractivity (Wildman–Crippen MR) is 69.2 cm³/mol. The number of carboxylic acids is 1. The number of hydrogen-bond acceptors (Lipinski definition) is 3. The lowest BCUT2D eigenvalue weighted by Crippen LogP contribution is -2.56. The van der Waals surface area contributed by atoms with Crippen LogP contribution >= 0.6 is 0 Å². The van der Waals surface area contributed by atoms with Crippen LogP contribution in [-0.2, 0) is 4.79 Å². The highest BCUT2D eigenvalue weighted by atomic mass is 16.4. The van der Waals surface area contributed by atoms with E-state index in [1.54, 1.807) is 14.0 Å². The number of nitrogens with zero attached hydrogens (tertiary/aromatic N) is 1. The average Bonchev–Trinajstić information content (AvgIpc) is 3.07. The van der Waals surface area contributed by atoms with Crippen molar-refractivity contribution >= 4 is 5.97 Å². The number of rotatable bonds is 8. The smallest absolute Gasteiger partial charge is 0.324 e. The van der Waals surface area contributed by atoms with Gasteiger partial charge >= 0.3 is 5.97 Å². The van der Waals surface area contributed by atoms with E-state index in [0.29, 0.717) is 18.5 Å². The monoisotopic (exact) mass is 242 g/mol. The minimum Gasteiger partial charge on any atom is -0.480 e. The zero-order valence-corrected chi connectivity index (χ0v) is 11.5. The molecule has 100 valence electrons. The number of hydrogen-bond donors (Lipinski definition) is 2. The molecular formula is C13H26N2O2. The summed E-state index contributed by atoms with van der Waals surface area (Å²) in [4.78, 5) is 13.6. The lowest BCUT2D eigenvalue weighted by molar-refractivity contribution is -0.144. The fraction of sp³-hybridized carbons (Fsp3) is 0.923. The van der Waals surface area contributed by atoms with Gasteiger partial charge in [0.2, 0.25) is 0 Å². The molecule has 1 aliphatic rings. The molecule has 0 heterocycles. The third kappa shape index (κ3) is 4.28. The summed E-state index contributed by atoms with van der Waals surface area (Å²) in [5.74, 6) is -0.0999. The van der Waals surface area contributed by atoms with Gasteiger partial charge in [0.15, 0.2) is 0 Å². The number of carboxylic acid groups (broad SMARTS) is 1. The van der Waals surface area contributed by atoms with Gasteiger partial charge in [0, 0.05) is 12.6 Å². The summed E-state index contributed by atoms with van der Waals surface area (Å²) in [5.41, 5.74) is -0.834. The van der Waals surface area contributed by atoms with Gasteiger partial charge in [-0.3, -0.25) is 9.69 Å². The van der Waals surface area contributed by atoms with Crippen LogP contribution in [-0.4, -0.2) is 47.7 Å². The Hall–Kier alpha value is -0.610. The average molecular weight is 242 g/mol. The lowest BCUT2D eigenvalue weighted by atomic mass is 10.0. The van der Waals surface area contributed by atoms with E-state index in [1.165, 1.54) is 12.8 Å². The molecule has 4 nitrogen and oxygen atoms in total. The van der Waals surface area contributed by atoms with Gasteiger partial charge in [0.05, 0.1) is 0 Å². The van der Waals surface area contributed by atoms with Gasteiger partial charge in [0.1, 0.15) is 5.54 Å². The first-order chi connectivity index (χ1) is 7.89. The van der Waals surface area contributed by atoms with Crippen molar-refractivity contribution in [1.82, 2.24) is 10.2 Å². The van der Waals surface area contributed by atoms with Crippen molar-refractivity contribution in [3.8, 4) is 0 Å². The van der Waals surface area contributed by atoms with Crippen LogP contribution in [0.5, 0.6) is 0 Å². The predicted octanol–water partition coefficient (Wildman–Crippen LogP) is 1.56. The fourth-order valence-electron chi connectivity index (χ4n) is 1.91. The summed E-state index contributed by atoms with van der Waals surface area (Å²) in [5, 5.41) is 12.2. The molecule has 0 saturated heterocycles. The van der Waals surface area contributed by atoms with E-state index >= 15 is 0 Å². The normalized spacial score (nSPS) is 19.6. The SMILES string of the molecule is CNC(C)(CN(CCC(C)C)C1CC1)C(=O)O. The zero-order valence-electron chi connectivity index (χ0n) is 11.5. The van der Waals surface area contributed by atoms with Crippen LogP contribution in [0.2, 0.25) is 0 Å². The summed E-state index contributed by atoms with van der Waals surface area (Å²) in [6.45, 7) is 7.78. The number of likely N-dealkylation sites (N-methyl/N-ethyl adjacent to an activating group) is 1. The van der Waals surface area contributed by atoms with E-state index in [9.17, 15) is 9.90 Å². The van der Waals surface area contributed by atoms with Crippen molar-refractivity contribution in [2.24, 2.45) is 5.92 Å². The molecule has 0 amide bonds. The minimum atomic E-state index is -0.834. The van der Waals surface area contributed by atoms with Crippen LogP contribution in [0.25, 0.3) is 0 Å². The molecule has 0 aromatic heterocycles. The lowest BCUT2D eigenvalue weighted by Gasteiger charge is -2.32. The highest BCUT2D eigenvalue weighted by molar-refractivity contribution is 5.78. The molecule has 1 aliphatic carbocycles. The van der Waals surface area contributed by atoms with E-state index in [2.05, 4.69) is 24.1 Å². The van der Waals surface area contributed by atoms with Crippen LogP contribution < -0.4 is 5.32 Å². The van der Waals surface area contributed by atoms with Crippen molar-refractivity contribution in [1.29, 1.82) is 0 Å². The third-order valence-electron chi connectivity index (χ3n) is 3.60. The van der Waals surface area contributed by atoms with E-state index in [0.717, 1.165) is 13.0 Å². The van der Waals surface area contributed by atoms with Crippen LogP contribution in [0.15, 0.2) is 0 Å². The van der Waals surface area contributed by atoms with Crippen LogP contribution in [0, 0.1) is 5.92 Å². The Kier molecular flexibility index (Phi) is 4.95.